The van der Waals surface area contributed by atoms with Gasteiger partial charge in [0.2, 0.25) is 5.91 Å². The van der Waals surface area contributed by atoms with Gasteiger partial charge in [-0.15, -0.1) is 0 Å². The maximum atomic E-state index is 12.3. The highest BCUT2D eigenvalue weighted by molar-refractivity contribution is 5.82. The van der Waals surface area contributed by atoms with Gasteiger partial charge in [0.1, 0.15) is 0 Å². The zero-order valence-corrected chi connectivity index (χ0v) is 10.8. The van der Waals surface area contributed by atoms with Crippen LogP contribution < -0.4 is 5.32 Å². The van der Waals surface area contributed by atoms with Crippen molar-refractivity contribution in [1.29, 1.82) is 0 Å². The van der Waals surface area contributed by atoms with Gasteiger partial charge in [0.05, 0.1) is 24.4 Å². The van der Waals surface area contributed by atoms with E-state index >= 15 is 0 Å². The Hall–Kier alpha value is -0.650. The summed E-state index contributed by atoms with van der Waals surface area (Å²) < 4.78 is 10.9. The van der Waals surface area contributed by atoms with Crippen LogP contribution in [0.2, 0.25) is 0 Å². The molecular formula is C12H22N2O3. The van der Waals surface area contributed by atoms with Crippen molar-refractivity contribution < 1.29 is 14.3 Å². The van der Waals surface area contributed by atoms with Gasteiger partial charge in [-0.1, -0.05) is 0 Å². The summed E-state index contributed by atoms with van der Waals surface area (Å²) in [6.07, 6.45) is 1.19. The first kappa shape index (κ1) is 12.8. The molecule has 0 aromatic heterocycles. The van der Waals surface area contributed by atoms with Crippen LogP contribution in [-0.4, -0.2) is 61.9 Å². The molecule has 2 aliphatic rings. The molecule has 2 saturated heterocycles. The lowest BCUT2D eigenvalue weighted by molar-refractivity contribution is -0.145. The Balaban J connectivity index is 1.91. The third-order valence-electron chi connectivity index (χ3n) is 3.45. The largest absolute Gasteiger partial charge is 0.380 e. The molecule has 4 atom stereocenters. The topological polar surface area (TPSA) is 50.8 Å². The van der Waals surface area contributed by atoms with Crippen LogP contribution in [0.15, 0.2) is 0 Å². The lowest BCUT2D eigenvalue weighted by atomic mass is 10.1. The minimum Gasteiger partial charge on any atom is -0.380 e. The van der Waals surface area contributed by atoms with Crippen LogP contribution in [0.3, 0.4) is 0 Å². The van der Waals surface area contributed by atoms with Gasteiger partial charge < -0.3 is 19.7 Å². The molecule has 5 nitrogen and oxygen atoms in total. The second-order valence-electron chi connectivity index (χ2n) is 5.05. The predicted molar refractivity (Wildman–Crippen MR) is 63.8 cm³/mol. The van der Waals surface area contributed by atoms with Crippen molar-refractivity contribution in [3.63, 3.8) is 0 Å². The molecule has 0 spiro atoms. The smallest absolute Gasteiger partial charge is 0.239 e. The second-order valence-corrected chi connectivity index (χ2v) is 5.05. The van der Waals surface area contributed by atoms with Crippen LogP contribution in [0.5, 0.6) is 0 Å². The highest BCUT2D eigenvalue weighted by atomic mass is 16.5. The first-order valence-electron chi connectivity index (χ1n) is 6.30. The van der Waals surface area contributed by atoms with Crippen molar-refractivity contribution in [3.05, 3.63) is 0 Å². The fourth-order valence-corrected chi connectivity index (χ4v) is 2.65. The first-order chi connectivity index (χ1) is 8.10. The summed E-state index contributed by atoms with van der Waals surface area (Å²) >= 11 is 0. The number of methoxy groups -OCH3 is 1. The summed E-state index contributed by atoms with van der Waals surface area (Å²) in [6, 6.07) is -0.0857. The number of nitrogens with one attached hydrogen (secondary N) is 1. The Kier molecular flexibility index (Phi) is 4.01. The van der Waals surface area contributed by atoms with Crippen LogP contribution in [0.1, 0.15) is 20.3 Å². The first-order valence-corrected chi connectivity index (χ1v) is 6.30. The monoisotopic (exact) mass is 242 g/mol. The van der Waals surface area contributed by atoms with E-state index in [-0.39, 0.29) is 30.3 Å². The lowest BCUT2D eigenvalue weighted by Gasteiger charge is -2.36. The molecular weight excluding hydrogens is 220 g/mol. The molecule has 1 N–H and O–H groups in total. The molecule has 2 fully saturated rings. The van der Waals surface area contributed by atoms with Gasteiger partial charge in [0.15, 0.2) is 0 Å². The average Bonchev–Trinajstić information content (AvgIpc) is 2.75. The van der Waals surface area contributed by atoms with Gasteiger partial charge in [0, 0.05) is 26.7 Å². The number of carbonyl (C=O) groups is 1. The minimum atomic E-state index is -0.0857. The molecule has 0 aliphatic carbocycles. The zero-order chi connectivity index (χ0) is 12.4. The minimum absolute atomic E-state index is 0.0857. The Labute approximate surface area is 102 Å². The summed E-state index contributed by atoms with van der Waals surface area (Å²) in [5, 5.41) is 3.23. The molecule has 0 saturated carbocycles. The van der Waals surface area contributed by atoms with Gasteiger partial charge >= 0.3 is 0 Å². The molecule has 2 heterocycles. The number of rotatable bonds is 2. The molecule has 0 aromatic carbocycles. The van der Waals surface area contributed by atoms with E-state index in [1.54, 1.807) is 7.11 Å². The number of hydrogen-bond acceptors (Lipinski definition) is 4. The van der Waals surface area contributed by atoms with Crippen molar-refractivity contribution in [2.45, 2.75) is 44.6 Å². The van der Waals surface area contributed by atoms with E-state index in [1.807, 2.05) is 18.7 Å². The second kappa shape index (κ2) is 5.33. The Morgan fingerprint density at radius 2 is 2.00 bits per heavy atom. The van der Waals surface area contributed by atoms with Crippen LogP contribution in [0, 0.1) is 0 Å². The molecule has 4 unspecified atom stereocenters. The number of ether oxygens (including phenoxy) is 2. The number of hydrogen-bond donors (Lipinski definition) is 1. The quantitative estimate of drug-likeness (QED) is 0.740. The Morgan fingerprint density at radius 1 is 1.35 bits per heavy atom. The van der Waals surface area contributed by atoms with Crippen molar-refractivity contribution in [3.8, 4) is 0 Å². The predicted octanol–water partition coefficient (Wildman–Crippen LogP) is -0.000900. The summed E-state index contributed by atoms with van der Waals surface area (Å²) in [7, 11) is 1.69. The van der Waals surface area contributed by atoms with Gasteiger partial charge in [-0.2, -0.15) is 0 Å². The summed E-state index contributed by atoms with van der Waals surface area (Å²) in [5.74, 6) is 0.187. The van der Waals surface area contributed by atoms with E-state index < -0.39 is 0 Å². The molecule has 5 heteroatoms. The van der Waals surface area contributed by atoms with Crippen LogP contribution in [0.25, 0.3) is 0 Å². The average molecular weight is 242 g/mol. The van der Waals surface area contributed by atoms with E-state index in [1.165, 1.54) is 0 Å². The van der Waals surface area contributed by atoms with Gasteiger partial charge in [0.25, 0.3) is 0 Å². The van der Waals surface area contributed by atoms with Crippen LogP contribution in [-0.2, 0) is 14.3 Å². The molecule has 17 heavy (non-hydrogen) atoms. The maximum Gasteiger partial charge on any atom is 0.239 e. The fraction of sp³-hybridized carbons (Fsp3) is 0.917. The SMILES string of the molecule is COC1CNC(C(=O)N2CC(C)OC(C)C2)C1. The van der Waals surface area contributed by atoms with E-state index in [9.17, 15) is 4.79 Å². The highest BCUT2D eigenvalue weighted by Gasteiger charge is 2.35. The van der Waals surface area contributed by atoms with Crippen LogP contribution >= 0.6 is 0 Å². The Bertz CT molecular complexity index is 275. The Morgan fingerprint density at radius 3 is 2.53 bits per heavy atom. The zero-order valence-electron chi connectivity index (χ0n) is 10.8. The van der Waals surface area contributed by atoms with Gasteiger partial charge in [-0.05, 0) is 20.3 Å². The summed E-state index contributed by atoms with van der Waals surface area (Å²) in [4.78, 5) is 14.2. The van der Waals surface area contributed by atoms with Crippen molar-refractivity contribution in [1.82, 2.24) is 10.2 Å². The molecule has 0 bridgehead atoms. The van der Waals surface area contributed by atoms with E-state index in [0.717, 1.165) is 13.0 Å². The molecule has 2 aliphatic heterocycles. The summed E-state index contributed by atoms with van der Waals surface area (Å²) in [6.45, 7) is 6.17. The van der Waals surface area contributed by atoms with E-state index in [2.05, 4.69) is 5.32 Å². The maximum absolute atomic E-state index is 12.3. The van der Waals surface area contributed by atoms with Gasteiger partial charge in [-0.3, -0.25) is 4.79 Å². The fourth-order valence-electron chi connectivity index (χ4n) is 2.65. The van der Waals surface area contributed by atoms with E-state index in [0.29, 0.717) is 13.1 Å². The normalized spacial score (nSPS) is 38.4. The number of nitrogens with zero attached hydrogens (tertiary/aromatic N) is 1. The molecule has 1 amide bonds. The third kappa shape index (κ3) is 2.97. The molecule has 0 aromatic rings. The number of amides is 1. The van der Waals surface area contributed by atoms with Crippen molar-refractivity contribution in [2.75, 3.05) is 26.7 Å². The molecule has 0 radical (unpaired) electrons. The highest BCUT2D eigenvalue weighted by Crippen LogP contribution is 2.16. The standard InChI is InChI=1S/C12H22N2O3/c1-8-6-14(7-9(2)17-8)12(15)11-4-10(16-3)5-13-11/h8-11,13H,4-7H2,1-3H3. The lowest BCUT2D eigenvalue weighted by Crippen LogP contribution is -2.53. The van der Waals surface area contributed by atoms with Crippen molar-refractivity contribution >= 4 is 5.91 Å². The number of carbonyl (C=O) groups excluding carboxylic acids is 1. The van der Waals surface area contributed by atoms with Crippen LogP contribution in [0.4, 0.5) is 0 Å². The van der Waals surface area contributed by atoms with Gasteiger partial charge in [-0.25, -0.2) is 0 Å². The van der Waals surface area contributed by atoms with E-state index in [4.69, 9.17) is 9.47 Å². The summed E-state index contributed by atoms with van der Waals surface area (Å²) in [5.41, 5.74) is 0. The molecule has 2 rings (SSSR count). The number of morpholine rings is 1. The molecule has 98 valence electrons. The third-order valence-corrected chi connectivity index (χ3v) is 3.45. The van der Waals surface area contributed by atoms with Crippen molar-refractivity contribution in [2.24, 2.45) is 0 Å².